The quantitative estimate of drug-likeness (QED) is 0.728. The van der Waals surface area contributed by atoms with Gasteiger partial charge in [0, 0.05) is 31.9 Å². The highest BCUT2D eigenvalue weighted by molar-refractivity contribution is 5.88. The van der Waals surface area contributed by atoms with Gasteiger partial charge in [0.15, 0.2) is 0 Å². The van der Waals surface area contributed by atoms with E-state index in [9.17, 15) is 4.79 Å². The molecule has 1 heterocycles. The summed E-state index contributed by atoms with van der Waals surface area (Å²) in [6.45, 7) is 2.26. The fourth-order valence-corrected chi connectivity index (χ4v) is 2.66. The number of nitrogens with one attached hydrogen (secondary N) is 1. The zero-order valence-electron chi connectivity index (χ0n) is 11.9. The molecule has 1 aromatic heterocycles. The summed E-state index contributed by atoms with van der Waals surface area (Å²) in [4.78, 5) is 21.2. The summed E-state index contributed by atoms with van der Waals surface area (Å²) in [5, 5.41) is 12.3. The smallest absolute Gasteiger partial charge is 0.339 e. The Balaban J connectivity index is 1.74. The maximum absolute atomic E-state index is 11.0. The molecule has 0 aromatic carbocycles. The molecule has 1 saturated carbocycles. The summed E-state index contributed by atoms with van der Waals surface area (Å²) in [6, 6.07) is 0.713. The third-order valence-corrected chi connectivity index (χ3v) is 3.91. The van der Waals surface area contributed by atoms with Crippen LogP contribution in [0, 0.1) is 0 Å². The van der Waals surface area contributed by atoms with Crippen LogP contribution in [0.4, 0.5) is 0 Å². The molecule has 0 bridgehead atoms. The molecule has 0 atom stereocenters. The zero-order chi connectivity index (χ0) is 14.4. The maximum Gasteiger partial charge on any atom is 0.339 e. The van der Waals surface area contributed by atoms with Gasteiger partial charge in [-0.15, -0.1) is 0 Å². The average Bonchev–Trinajstić information content (AvgIpc) is 2.98. The first-order valence-electron chi connectivity index (χ1n) is 7.11. The SMILES string of the molecule is CN(CCNCc1ncncc1C(=O)O)C1CCCC1. The van der Waals surface area contributed by atoms with E-state index in [0.29, 0.717) is 18.3 Å². The number of carboxylic acids is 1. The minimum absolute atomic E-state index is 0.171. The lowest BCUT2D eigenvalue weighted by Gasteiger charge is -2.23. The average molecular weight is 278 g/mol. The lowest BCUT2D eigenvalue weighted by atomic mass is 10.2. The predicted molar refractivity (Wildman–Crippen MR) is 75.6 cm³/mol. The van der Waals surface area contributed by atoms with Crippen molar-refractivity contribution < 1.29 is 9.90 Å². The van der Waals surface area contributed by atoms with Crippen LogP contribution in [-0.2, 0) is 6.54 Å². The van der Waals surface area contributed by atoms with E-state index in [4.69, 9.17) is 5.11 Å². The van der Waals surface area contributed by atoms with Crippen LogP contribution in [0.15, 0.2) is 12.5 Å². The standard InChI is InChI=1S/C14H22N4O2/c1-18(11-4-2-3-5-11)7-6-15-9-13-12(14(19)20)8-16-10-17-13/h8,10-11,15H,2-7,9H2,1H3,(H,19,20). The lowest BCUT2D eigenvalue weighted by Crippen LogP contribution is -2.35. The fourth-order valence-electron chi connectivity index (χ4n) is 2.66. The Bertz CT molecular complexity index is 447. The Kier molecular flexibility index (Phi) is 5.43. The molecular weight excluding hydrogens is 256 g/mol. The molecule has 1 aromatic rings. The van der Waals surface area contributed by atoms with Gasteiger partial charge in [-0.05, 0) is 19.9 Å². The van der Waals surface area contributed by atoms with Crippen molar-refractivity contribution in [3.05, 3.63) is 23.8 Å². The van der Waals surface area contributed by atoms with Crippen molar-refractivity contribution >= 4 is 5.97 Å². The molecule has 0 amide bonds. The Hall–Kier alpha value is -1.53. The molecule has 1 aliphatic carbocycles. The molecule has 0 unspecified atom stereocenters. The molecular formula is C14H22N4O2. The normalized spacial score (nSPS) is 15.9. The van der Waals surface area contributed by atoms with E-state index in [0.717, 1.165) is 13.1 Å². The first-order chi connectivity index (χ1) is 9.68. The first-order valence-corrected chi connectivity index (χ1v) is 7.11. The van der Waals surface area contributed by atoms with Crippen LogP contribution >= 0.6 is 0 Å². The van der Waals surface area contributed by atoms with Crippen molar-refractivity contribution in [3.8, 4) is 0 Å². The number of carbonyl (C=O) groups is 1. The summed E-state index contributed by atoms with van der Waals surface area (Å²) < 4.78 is 0. The molecule has 0 radical (unpaired) electrons. The van der Waals surface area contributed by atoms with Gasteiger partial charge >= 0.3 is 5.97 Å². The second-order valence-corrected chi connectivity index (χ2v) is 5.28. The van der Waals surface area contributed by atoms with Crippen molar-refractivity contribution in [2.75, 3.05) is 20.1 Å². The van der Waals surface area contributed by atoms with Gasteiger partial charge in [-0.25, -0.2) is 14.8 Å². The van der Waals surface area contributed by atoms with Gasteiger partial charge in [0.25, 0.3) is 0 Å². The number of likely N-dealkylation sites (N-methyl/N-ethyl adjacent to an activating group) is 1. The molecule has 6 nitrogen and oxygen atoms in total. The number of hydrogen-bond donors (Lipinski definition) is 2. The number of nitrogens with zero attached hydrogens (tertiary/aromatic N) is 3. The van der Waals surface area contributed by atoms with Gasteiger partial charge in [0.05, 0.1) is 5.69 Å². The van der Waals surface area contributed by atoms with Crippen LogP contribution < -0.4 is 5.32 Å². The van der Waals surface area contributed by atoms with Crippen LogP contribution in [0.2, 0.25) is 0 Å². The topological polar surface area (TPSA) is 78.3 Å². The van der Waals surface area contributed by atoms with Crippen LogP contribution in [-0.4, -0.2) is 52.1 Å². The Morgan fingerprint density at radius 2 is 2.25 bits per heavy atom. The molecule has 1 fully saturated rings. The Morgan fingerprint density at radius 3 is 2.95 bits per heavy atom. The minimum Gasteiger partial charge on any atom is -0.478 e. The van der Waals surface area contributed by atoms with E-state index >= 15 is 0 Å². The summed E-state index contributed by atoms with van der Waals surface area (Å²) >= 11 is 0. The Labute approximate surface area is 119 Å². The van der Waals surface area contributed by atoms with Crippen LogP contribution in [0.5, 0.6) is 0 Å². The second-order valence-electron chi connectivity index (χ2n) is 5.28. The van der Waals surface area contributed by atoms with E-state index < -0.39 is 5.97 Å². The zero-order valence-corrected chi connectivity index (χ0v) is 11.9. The molecule has 6 heteroatoms. The van der Waals surface area contributed by atoms with Crippen LogP contribution in [0.25, 0.3) is 0 Å². The van der Waals surface area contributed by atoms with Crippen molar-refractivity contribution in [1.82, 2.24) is 20.2 Å². The van der Waals surface area contributed by atoms with Gasteiger partial charge in [0.1, 0.15) is 11.9 Å². The molecule has 2 rings (SSSR count). The highest BCUT2D eigenvalue weighted by Gasteiger charge is 2.18. The van der Waals surface area contributed by atoms with Crippen molar-refractivity contribution in [2.24, 2.45) is 0 Å². The van der Waals surface area contributed by atoms with Crippen LogP contribution in [0.1, 0.15) is 41.7 Å². The number of rotatable bonds is 7. The van der Waals surface area contributed by atoms with Gasteiger partial charge in [-0.2, -0.15) is 0 Å². The third kappa shape index (κ3) is 3.98. The predicted octanol–water partition coefficient (Wildman–Crippen LogP) is 1.14. The highest BCUT2D eigenvalue weighted by Crippen LogP contribution is 2.21. The first kappa shape index (κ1) is 14.9. The second kappa shape index (κ2) is 7.31. The van der Waals surface area contributed by atoms with Crippen molar-refractivity contribution in [3.63, 3.8) is 0 Å². The number of aromatic nitrogens is 2. The molecule has 0 aliphatic heterocycles. The van der Waals surface area contributed by atoms with E-state index in [2.05, 4.69) is 27.2 Å². The monoisotopic (exact) mass is 278 g/mol. The third-order valence-electron chi connectivity index (χ3n) is 3.91. The minimum atomic E-state index is -0.981. The van der Waals surface area contributed by atoms with Gasteiger partial charge in [0.2, 0.25) is 0 Å². The highest BCUT2D eigenvalue weighted by atomic mass is 16.4. The number of aromatic carboxylic acids is 1. The maximum atomic E-state index is 11.0. The molecule has 1 aliphatic rings. The molecule has 0 saturated heterocycles. The van der Waals surface area contributed by atoms with E-state index in [1.54, 1.807) is 0 Å². The van der Waals surface area contributed by atoms with E-state index in [1.807, 2.05) is 0 Å². The van der Waals surface area contributed by atoms with Crippen molar-refractivity contribution in [1.29, 1.82) is 0 Å². The molecule has 0 spiro atoms. The molecule has 20 heavy (non-hydrogen) atoms. The van der Waals surface area contributed by atoms with E-state index in [-0.39, 0.29) is 5.56 Å². The van der Waals surface area contributed by atoms with Crippen LogP contribution in [0.3, 0.4) is 0 Å². The fraction of sp³-hybridized carbons (Fsp3) is 0.643. The van der Waals surface area contributed by atoms with Gasteiger partial charge in [-0.3, -0.25) is 0 Å². The van der Waals surface area contributed by atoms with E-state index in [1.165, 1.54) is 38.2 Å². The number of hydrogen-bond acceptors (Lipinski definition) is 5. The number of carboxylic acid groups (broad SMARTS) is 1. The largest absolute Gasteiger partial charge is 0.478 e. The Morgan fingerprint density at radius 1 is 1.50 bits per heavy atom. The molecule has 110 valence electrons. The summed E-state index contributed by atoms with van der Waals surface area (Å²) in [6.07, 6.45) is 8.00. The summed E-state index contributed by atoms with van der Waals surface area (Å²) in [5.74, 6) is -0.981. The van der Waals surface area contributed by atoms with Crippen molar-refractivity contribution in [2.45, 2.75) is 38.3 Å². The summed E-state index contributed by atoms with van der Waals surface area (Å²) in [5.41, 5.74) is 0.708. The summed E-state index contributed by atoms with van der Waals surface area (Å²) in [7, 11) is 2.16. The lowest BCUT2D eigenvalue weighted by molar-refractivity contribution is 0.0694. The van der Waals surface area contributed by atoms with Gasteiger partial charge < -0.3 is 15.3 Å². The molecule has 2 N–H and O–H groups in total. The van der Waals surface area contributed by atoms with Gasteiger partial charge in [-0.1, -0.05) is 12.8 Å².